The average molecular weight is 214 g/mol. The van der Waals surface area contributed by atoms with Gasteiger partial charge in [-0.25, -0.2) is 0 Å². The van der Waals surface area contributed by atoms with E-state index in [2.05, 4.69) is 4.74 Å². The molecule has 7 heteroatoms. The van der Waals surface area contributed by atoms with Crippen LogP contribution in [-0.4, -0.2) is 11.5 Å². The number of nitro benzene ring substituents is 1. The summed E-state index contributed by atoms with van der Waals surface area (Å²) in [7, 11) is 0. The zero-order valence-corrected chi connectivity index (χ0v) is 7.18. The monoisotopic (exact) mass is 214 g/mol. The van der Waals surface area contributed by atoms with Crippen molar-refractivity contribution in [1.29, 1.82) is 5.26 Å². The van der Waals surface area contributed by atoms with E-state index in [0.717, 1.165) is 18.2 Å². The Morgan fingerprint density at radius 1 is 1.53 bits per heavy atom. The summed E-state index contributed by atoms with van der Waals surface area (Å²) in [5.41, 5.74) is -0.592. The predicted molar refractivity (Wildman–Crippen MR) is 44.4 cm³/mol. The molecule has 0 bridgehead atoms. The van der Waals surface area contributed by atoms with E-state index in [1.54, 1.807) is 6.07 Å². The molecule has 0 aliphatic heterocycles. The quantitative estimate of drug-likeness (QED) is 0.570. The van der Waals surface area contributed by atoms with Crippen LogP contribution in [0, 0.1) is 21.4 Å². The minimum atomic E-state index is -3.17. The largest absolute Gasteiger partial charge is 0.427 e. The molecule has 0 heterocycles. The molecule has 0 spiro atoms. The molecule has 0 aliphatic rings. The maximum absolute atomic E-state index is 11.9. The topological polar surface area (TPSA) is 76.2 Å². The van der Waals surface area contributed by atoms with Crippen molar-refractivity contribution in [2.24, 2.45) is 0 Å². The molecule has 0 radical (unpaired) electrons. The number of nitro groups is 1. The van der Waals surface area contributed by atoms with E-state index in [-0.39, 0.29) is 5.56 Å². The van der Waals surface area contributed by atoms with Crippen LogP contribution in [0.5, 0.6) is 5.75 Å². The average Bonchev–Trinajstić information content (AvgIpc) is 2.16. The van der Waals surface area contributed by atoms with Crippen LogP contribution in [0.1, 0.15) is 5.56 Å². The Hall–Kier alpha value is -2.23. The molecule has 15 heavy (non-hydrogen) atoms. The second-order valence-corrected chi connectivity index (χ2v) is 2.43. The predicted octanol–water partition coefficient (Wildman–Crippen LogP) is 2.07. The van der Waals surface area contributed by atoms with Crippen molar-refractivity contribution in [2.45, 2.75) is 6.61 Å². The molecule has 1 aromatic rings. The van der Waals surface area contributed by atoms with E-state index in [0.29, 0.717) is 0 Å². The third kappa shape index (κ3) is 2.60. The summed E-state index contributed by atoms with van der Waals surface area (Å²) in [5, 5.41) is 18.9. The highest BCUT2D eigenvalue weighted by Crippen LogP contribution is 2.28. The smallest absolute Gasteiger partial charge is 0.387 e. The first kappa shape index (κ1) is 10.8. The summed E-state index contributed by atoms with van der Waals surface area (Å²) >= 11 is 0. The van der Waals surface area contributed by atoms with Crippen LogP contribution in [0.25, 0.3) is 0 Å². The number of nitrogens with zero attached hydrogens (tertiary/aromatic N) is 2. The first-order valence-electron chi connectivity index (χ1n) is 3.68. The number of hydrogen-bond acceptors (Lipinski definition) is 4. The van der Waals surface area contributed by atoms with E-state index in [9.17, 15) is 18.9 Å². The molecule has 0 aliphatic carbocycles. The van der Waals surface area contributed by atoms with Crippen molar-refractivity contribution in [1.82, 2.24) is 0 Å². The van der Waals surface area contributed by atoms with Gasteiger partial charge in [0.2, 0.25) is 5.75 Å². The Bertz CT molecular complexity index is 428. The molecule has 1 rings (SSSR count). The van der Waals surface area contributed by atoms with Crippen molar-refractivity contribution >= 4 is 5.69 Å². The highest BCUT2D eigenvalue weighted by molar-refractivity contribution is 5.51. The molecule has 78 valence electrons. The lowest BCUT2D eigenvalue weighted by atomic mass is 10.2. The Morgan fingerprint density at radius 3 is 2.67 bits per heavy atom. The van der Waals surface area contributed by atoms with Crippen LogP contribution in [0.2, 0.25) is 0 Å². The fourth-order valence-electron chi connectivity index (χ4n) is 0.925. The van der Waals surface area contributed by atoms with Gasteiger partial charge >= 0.3 is 12.3 Å². The molecular weight excluding hydrogens is 210 g/mol. The van der Waals surface area contributed by atoms with Gasteiger partial charge in [0.1, 0.15) is 0 Å². The van der Waals surface area contributed by atoms with Crippen LogP contribution in [-0.2, 0) is 0 Å². The van der Waals surface area contributed by atoms with Gasteiger partial charge in [0.05, 0.1) is 16.6 Å². The first-order valence-corrected chi connectivity index (χ1v) is 3.68. The van der Waals surface area contributed by atoms with Crippen molar-refractivity contribution in [3.8, 4) is 11.8 Å². The fourth-order valence-corrected chi connectivity index (χ4v) is 0.925. The second kappa shape index (κ2) is 4.32. The third-order valence-electron chi connectivity index (χ3n) is 1.50. The minimum Gasteiger partial charge on any atom is -0.427 e. The third-order valence-corrected chi connectivity index (χ3v) is 1.50. The Kier molecular flexibility index (Phi) is 3.13. The number of halogens is 2. The molecule has 0 unspecified atom stereocenters. The maximum atomic E-state index is 11.9. The van der Waals surface area contributed by atoms with Crippen LogP contribution in [0.15, 0.2) is 18.2 Å². The molecule has 5 nitrogen and oxygen atoms in total. The summed E-state index contributed by atoms with van der Waals surface area (Å²) in [5.74, 6) is -0.617. The van der Waals surface area contributed by atoms with Crippen LogP contribution in [0.4, 0.5) is 14.5 Å². The number of nitriles is 1. The molecule has 0 saturated carbocycles. The van der Waals surface area contributed by atoms with Gasteiger partial charge in [-0.2, -0.15) is 14.0 Å². The van der Waals surface area contributed by atoms with Gasteiger partial charge in [-0.15, -0.1) is 0 Å². The van der Waals surface area contributed by atoms with Crippen molar-refractivity contribution in [3.05, 3.63) is 33.9 Å². The standard InChI is InChI=1S/C8H4F2N2O3/c9-8(10)15-7-3-5(4-11)1-2-6(7)12(13)14/h1-3,8H. The van der Waals surface area contributed by atoms with Gasteiger partial charge in [0, 0.05) is 12.1 Å². The summed E-state index contributed by atoms with van der Waals surface area (Å²) in [6.45, 7) is -3.17. The lowest BCUT2D eigenvalue weighted by molar-refractivity contribution is -0.386. The summed E-state index contributed by atoms with van der Waals surface area (Å²) in [6, 6.07) is 4.64. The van der Waals surface area contributed by atoms with Gasteiger partial charge in [-0.1, -0.05) is 0 Å². The van der Waals surface area contributed by atoms with Crippen LogP contribution in [0.3, 0.4) is 0 Å². The summed E-state index contributed by atoms with van der Waals surface area (Å²) in [4.78, 5) is 9.54. The molecule has 0 aromatic heterocycles. The SMILES string of the molecule is N#Cc1ccc([N+](=O)[O-])c(OC(F)F)c1. The van der Waals surface area contributed by atoms with Crippen LogP contribution >= 0.6 is 0 Å². The molecule has 0 atom stereocenters. The van der Waals surface area contributed by atoms with Crippen LogP contribution < -0.4 is 4.74 Å². The molecule has 0 amide bonds. The van der Waals surface area contributed by atoms with Gasteiger partial charge in [-0.05, 0) is 6.07 Å². The first-order chi connectivity index (χ1) is 7.04. The van der Waals surface area contributed by atoms with E-state index >= 15 is 0 Å². The van der Waals surface area contributed by atoms with E-state index in [1.807, 2.05) is 0 Å². The van der Waals surface area contributed by atoms with Crippen molar-refractivity contribution < 1.29 is 18.4 Å². The molecule has 1 aromatic carbocycles. The number of ether oxygens (including phenoxy) is 1. The highest BCUT2D eigenvalue weighted by atomic mass is 19.3. The van der Waals surface area contributed by atoms with E-state index in [4.69, 9.17) is 5.26 Å². The number of hydrogen-bond donors (Lipinski definition) is 0. The number of rotatable bonds is 3. The lowest BCUT2D eigenvalue weighted by Crippen LogP contribution is -2.04. The molecule has 0 saturated heterocycles. The summed E-state index contributed by atoms with van der Waals surface area (Å²) < 4.78 is 27.7. The number of alkyl halides is 2. The van der Waals surface area contributed by atoms with Gasteiger partial charge < -0.3 is 4.74 Å². The molecule has 0 fully saturated rings. The fraction of sp³-hybridized carbons (Fsp3) is 0.125. The zero-order valence-electron chi connectivity index (χ0n) is 7.18. The minimum absolute atomic E-state index is 0.0104. The molecular formula is C8H4F2N2O3. The van der Waals surface area contributed by atoms with Crippen molar-refractivity contribution in [3.63, 3.8) is 0 Å². The maximum Gasteiger partial charge on any atom is 0.387 e. The summed E-state index contributed by atoms with van der Waals surface area (Å²) in [6.07, 6.45) is 0. The normalized spacial score (nSPS) is 9.73. The van der Waals surface area contributed by atoms with E-state index in [1.165, 1.54) is 0 Å². The van der Waals surface area contributed by atoms with E-state index < -0.39 is 23.0 Å². The highest BCUT2D eigenvalue weighted by Gasteiger charge is 2.18. The number of benzene rings is 1. The Labute approximate surface area is 82.7 Å². The van der Waals surface area contributed by atoms with Crippen molar-refractivity contribution in [2.75, 3.05) is 0 Å². The second-order valence-electron chi connectivity index (χ2n) is 2.43. The Morgan fingerprint density at radius 2 is 2.20 bits per heavy atom. The Balaban J connectivity index is 3.17. The zero-order chi connectivity index (χ0) is 11.4. The van der Waals surface area contributed by atoms with Gasteiger partial charge in [0.25, 0.3) is 0 Å². The van der Waals surface area contributed by atoms with Gasteiger partial charge in [0.15, 0.2) is 0 Å². The molecule has 0 N–H and O–H groups in total. The lowest BCUT2D eigenvalue weighted by Gasteiger charge is -2.04. The van der Waals surface area contributed by atoms with Gasteiger partial charge in [-0.3, -0.25) is 10.1 Å².